The van der Waals surface area contributed by atoms with Crippen LogP contribution in [0.1, 0.15) is 33.4 Å². The Labute approximate surface area is 164 Å². The van der Waals surface area contributed by atoms with Gasteiger partial charge in [0.1, 0.15) is 0 Å². The Morgan fingerprint density at radius 3 is 1.64 bits per heavy atom. The molecule has 1 N–H and O–H groups in total. The summed E-state index contributed by atoms with van der Waals surface area (Å²) in [4.78, 5) is 0. The van der Waals surface area contributed by atoms with E-state index in [2.05, 4.69) is 40.6 Å². The monoisotopic (exact) mass is 429 g/mol. The second-order valence-corrected chi connectivity index (χ2v) is 5.01. The van der Waals surface area contributed by atoms with Gasteiger partial charge in [-0.15, -0.1) is 5.69 Å². The van der Waals surface area contributed by atoms with Crippen LogP contribution in [-0.4, -0.2) is 6.88 Å². The number of halogens is 2. The van der Waals surface area contributed by atoms with E-state index < -0.39 is 0 Å². The molecule has 0 unspecified atom stereocenters. The third-order valence-electron chi connectivity index (χ3n) is 3.78. The van der Waals surface area contributed by atoms with Crippen molar-refractivity contribution >= 4 is 12.6 Å². The molecule has 1 nitrogen and oxygen atoms in total. The van der Waals surface area contributed by atoms with Crippen molar-refractivity contribution in [1.82, 2.24) is 0 Å². The maximum atomic E-state index is 7.36. The van der Waals surface area contributed by atoms with Gasteiger partial charge in [-0.25, -0.2) is 0 Å². The van der Waals surface area contributed by atoms with E-state index in [4.69, 9.17) is 5.73 Å². The van der Waals surface area contributed by atoms with Crippen LogP contribution in [0.15, 0.2) is 24.3 Å². The van der Waals surface area contributed by atoms with Crippen LogP contribution in [0.2, 0.25) is 0 Å². The van der Waals surface area contributed by atoms with Crippen LogP contribution in [0.25, 0.3) is 5.73 Å². The van der Waals surface area contributed by atoms with Crippen molar-refractivity contribution in [2.75, 3.05) is 0 Å². The molecule has 0 amide bonds. The third-order valence-corrected chi connectivity index (χ3v) is 3.78. The van der Waals surface area contributed by atoms with Crippen LogP contribution in [0, 0.1) is 41.5 Å². The predicted octanol–water partition coefficient (Wildman–Crippen LogP) is -0.749. The van der Waals surface area contributed by atoms with Crippen molar-refractivity contribution in [2.24, 2.45) is 0 Å². The number of hydrogen-bond acceptors (Lipinski definition) is 0. The summed E-state index contributed by atoms with van der Waals surface area (Å²) in [5.41, 5.74) is 16.0. The second kappa shape index (κ2) is 13.5. The molecule has 0 spiro atoms. The molecule has 0 fully saturated rings. The molecule has 0 bridgehead atoms. The Morgan fingerprint density at radius 2 is 1.41 bits per heavy atom. The molecule has 0 saturated carbocycles. The summed E-state index contributed by atoms with van der Waals surface area (Å²) in [6.45, 7) is 15.7. The average Bonchev–Trinajstić information content (AvgIpc) is 2.66. The van der Waals surface area contributed by atoms with E-state index in [1.165, 1.54) is 51.2 Å². The molecule has 22 heavy (non-hydrogen) atoms. The van der Waals surface area contributed by atoms with Gasteiger partial charge in [0.05, 0.1) is 0 Å². The minimum atomic E-state index is 0. The first-order chi connectivity index (χ1) is 9.34. The number of nitrogens with one attached hydrogen (secondary N) is 1. The number of benzene rings is 1. The van der Waals surface area contributed by atoms with Gasteiger partial charge < -0.3 is 30.5 Å². The summed E-state index contributed by atoms with van der Waals surface area (Å²) in [7, 11) is 0. The van der Waals surface area contributed by atoms with E-state index in [9.17, 15) is 0 Å². The Kier molecular flexibility index (Phi) is 16.5. The summed E-state index contributed by atoms with van der Waals surface area (Å²) in [6.07, 6.45) is 0. The molecule has 0 aliphatic rings. The molecule has 0 heterocycles. The van der Waals surface area contributed by atoms with Crippen LogP contribution < -0.4 is 24.8 Å². The zero-order chi connectivity index (χ0) is 15.9. The summed E-state index contributed by atoms with van der Waals surface area (Å²) < 4.78 is 0. The Hall–Kier alpha value is 0.0500. The van der Waals surface area contributed by atoms with E-state index >= 15 is 0 Å². The van der Waals surface area contributed by atoms with Crippen molar-refractivity contribution in [3.8, 4) is 0 Å². The molecule has 2 radical (unpaired) electrons. The van der Waals surface area contributed by atoms with Gasteiger partial charge in [-0.2, -0.15) is 28.3 Å². The van der Waals surface area contributed by atoms with Gasteiger partial charge in [0, 0.05) is 0 Å². The van der Waals surface area contributed by atoms with E-state index in [0.717, 1.165) is 5.56 Å². The average molecular weight is 432 g/mol. The summed E-state index contributed by atoms with van der Waals surface area (Å²) in [6, 6.07) is 7.98. The molecule has 0 aromatic heterocycles. The fourth-order valence-corrected chi connectivity index (χ4v) is 1.88. The number of hydrogen-bond donors (Lipinski definition) is 0. The van der Waals surface area contributed by atoms with Gasteiger partial charge in [0.2, 0.25) is 0 Å². The SMILES string of the molecule is Cc1c[c-](C)c(C)c1C.Cc1cccc([NH-])c1C.[Cl-].[Cl-].[Si]=[Zr+2]. The van der Waals surface area contributed by atoms with Crippen LogP contribution in [0.5, 0.6) is 0 Å². The molecular formula is C17H23Cl2NSiZr-2. The summed E-state index contributed by atoms with van der Waals surface area (Å²) in [5.74, 6) is 0. The Morgan fingerprint density at radius 1 is 0.909 bits per heavy atom. The van der Waals surface area contributed by atoms with E-state index in [0.29, 0.717) is 5.69 Å². The summed E-state index contributed by atoms with van der Waals surface area (Å²) >= 11 is 1.36. The third kappa shape index (κ3) is 8.06. The van der Waals surface area contributed by atoms with Crippen LogP contribution in [0.3, 0.4) is 0 Å². The molecule has 2 rings (SSSR count). The van der Waals surface area contributed by atoms with Gasteiger partial charge in [-0.3, -0.25) is 0 Å². The molecule has 5 heteroatoms. The normalized spacial score (nSPS) is 8.36. The fraction of sp³-hybridized carbons (Fsp3) is 0.353. The number of aryl methyl sites for hydroxylation is 3. The fourth-order valence-electron chi connectivity index (χ4n) is 1.88. The van der Waals surface area contributed by atoms with Gasteiger partial charge in [-0.1, -0.05) is 51.5 Å². The molecule has 2 aromatic rings. The molecule has 0 aliphatic carbocycles. The van der Waals surface area contributed by atoms with Crippen LogP contribution in [-0.2, 0) is 23.3 Å². The van der Waals surface area contributed by atoms with E-state index in [1.807, 2.05) is 32.0 Å². The molecule has 0 atom stereocenters. The molecule has 120 valence electrons. The second-order valence-electron chi connectivity index (χ2n) is 5.01. The molecular weight excluding hydrogens is 408 g/mol. The molecule has 2 aromatic carbocycles. The van der Waals surface area contributed by atoms with Crippen molar-refractivity contribution in [3.63, 3.8) is 0 Å². The van der Waals surface area contributed by atoms with Gasteiger partial charge in [0.25, 0.3) is 0 Å². The maximum absolute atomic E-state index is 7.36. The van der Waals surface area contributed by atoms with Gasteiger partial charge in [0.15, 0.2) is 0 Å². The first kappa shape index (κ1) is 26.9. The van der Waals surface area contributed by atoms with Crippen molar-refractivity contribution < 1.29 is 48.1 Å². The van der Waals surface area contributed by atoms with Gasteiger partial charge in [-0.05, 0) is 19.4 Å². The quantitative estimate of drug-likeness (QED) is 0.387. The molecule has 0 aliphatic heterocycles. The number of rotatable bonds is 0. The summed E-state index contributed by atoms with van der Waals surface area (Å²) in [5, 5.41) is 0. The van der Waals surface area contributed by atoms with Crippen molar-refractivity contribution in [3.05, 3.63) is 63.4 Å². The van der Waals surface area contributed by atoms with E-state index in [-0.39, 0.29) is 24.8 Å². The first-order valence-corrected chi connectivity index (χ1v) is 10.8. The zero-order valence-corrected chi connectivity index (χ0v) is 19.0. The van der Waals surface area contributed by atoms with Crippen molar-refractivity contribution in [2.45, 2.75) is 41.5 Å². The standard InChI is InChI=1S/C9H13.C8H10N.2ClH.Si.Zr/c1-6-5-7(2)9(4)8(6)3;1-6-4-3-5-8(9)7(6)2;;;;/h5H,1-4H3;3-5,9H,1-2H3;2*1H;;/q2*-1;;;;+2/p-2. The Bertz CT molecular complexity index is 525. The topological polar surface area (TPSA) is 23.8 Å². The van der Waals surface area contributed by atoms with Crippen LogP contribution >= 0.6 is 0 Å². The minimum absolute atomic E-state index is 0. The van der Waals surface area contributed by atoms with Crippen molar-refractivity contribution in [1.29, 1.82) is 0 Å². The Balaban J connectivity index is -0.000000273. The molecule has 0 saturated heterocycles. The van der Waals surface area contributed by atoms with E-state index in [1.54, 1.807) is 0 Å². The van der Waals surface area contributed by atoms with Gasteiger partial charge >= 0.3 is 30.2 Å². The first-order valence-electron chi connectivity index (χ1n) is 6.57. The predicted molar refractivity (Wildman–Crippen MR) is 86.6 cm³/mol. The zero-order valence-electron chi connectivity index (χ0n) is 14.1. The van der Waals surface area contributed by atoms with Crippen LogP contribution in [0.4, 0.5) is 5.69 Å².